The van der Waals surface area contributed by atoms with Crippen LogP contribution in [0.4, 0.5) is 4.79 Å². The fourth-order valence-corrected chi connectivity index (χ4v) is 4.51. The van der Waals surface area contributed by atoms with Crippen LogP contribution >= 0.6 is 23.1 Å². The lowest BCUT2D eigenvalue weighted by atomic mass is 9.88. The van der Waals surface area contributed by atoms with E-state index >= 15 is 0 Å². The summed E-state index contributed by atoms with van der Waals surface area (Å²) in [5, 5.41) is 13.6. The molecule has 1 atom stereocenters. The van der Waals surface area contributed by atoms with Gasteiger partial charge in [0.15, 0.2) is 4.34 Å². The molecule has 2 aromatic carbocycles. The number of thioether (sulfide) groups is 1. The van der Waals surface area contributed by atoms with E-state index in [1.807, 2.05) is 48.7 Å². The van der Waals surface area contributed by atoms with Crippen molar-refractivity contribution >= 4 is 45.8 Å². The minimum absolute atomic E-state index is 0.128. The molecule has 8 heteroatoms. The summed E-state index contributed by atoms with van der Waals surface area (Å²) in [6, 6.07) is 13.2. The van der Waals surface area contributed by atoms with Crippen LogP contribution in [0.1, 0.15) is 17.5 Å². The standard InChI is InChI=1S/C18H16N4O2S2/c1-18(13-9-5-7-11-6-3-4-8-12(11)13)15(23)22(16(24)19-18)10-14-20-21-17(25-2)26-14/h3-9H,10H2,1-2H3,(H,19,24). The highest BCUT2D eigenvalue weighted by molar-refractivity contribution is 8.00. The second kappa shape index (κ2) is 6.37. The van der Waals surface area contributed by atoms with Gasteiger partial charge in [-0.1, -0.05) is 65.6 Å². The maximum Gasteiger partial charge on any atom is 0.325 e. The Balaban J connectivity index is 1.71. The minimum atomic E-state index is -1.11. The van der Waals surface area contributed by atoms with Crippen molar-refractivity contribution in [3.63, 3.8) is 0 Å². The third-order valence-electron chi connectivity index (χ3n) is 4.52. The van der Waals surface area contributed by atoms with Crippen LogP contribution in [0.2, 0.25) is 0 Å². The average molecular weight is 384 g/mol. The molecule has 1 N–H and O–H groups in total. The van der Waals surface area contributed by atoms with Gasteiger partial charge >= 0.3 is 6.03 Å². The molecule has 0 aliphatic carbocycles. The number of nitrogens with zero attached hydrogens (tertiary/aromatic N) is 3. The summed E-state index contributed by atoms with van der Waals surface area (Å²) < 4.78 is 0.809. The van der Waals surface area contributed by atoms with E-state index < -0.39 is 11.6 Å². The molecule has 0 bridgehead atoms. The first-order valence-electron chi connectivity index (χ1n) is 8.01. The van der Waals surface area contributed by atoms with Crippen LogP contribution in [-0.4, -0.2) is 33.3 Å². The normalized spacial score (nSPS) is 20.0. The van der Waals surface area contributed by atoms with Gasteiger partial charge in [-0.3, -0.25) is 9.69 Å². The Morgan fingerprint density at radius 1 is 1.15 bits per heavy atom. The molecule has 3 amide bonds. The van der Waals surface area contributed by atoms with E-state index in [2.05, 4.69) is 15.5 Å². The Morgan fingerprint density at radius 3 is 2.69 bits per heavy atom. The van der Waals surface area contributed by atoms with E-state index in [0.717, 1.165) is 20.7 Å². The monoisotopic (exact) mass is 384 g/mol. The van der Waals surface area contributed by atoms with E-state index in [1.165, 1.54) is 28.0 Å². The number of benzene rings is 2. The number of hydrogen-bond donors (Lipinski definition) is 1. The molecule has 3 aromatic rings. The quantitative estimate of drug-likeness (QED) is 0.551. The van der Waals surface area contributed by atoms with E-state index in [9.17, 15) is 9.59 Å². The molecule has 4 rings (SSSR count). The number of urea groups is 1. The highest BCUT2D eigenvalue weighted by Crippen LogP contribution is 2.34. The summed E-state index contributed by atoms with van der Waals surface area (Å²) in [7, 11) is 0. The molecule has 26 heavy (non-hydrogen) atoms. The number of rotatable bonds is 4. The van der Waals surface area contributed by atoms with Gasteiger partial charge < -0.3 is 5.32 Å². The highest BCUT2D eigenvalue weighted by atomic mass is 32.2. The van der Waals surface area contributed by atoms with Crippen molar-refractivity contribution < 1.29 is 9.59 Å². The zero-order chi connectivity index (χ0) is 18.3. The average Bonchev–Trinajstić information content (AvgIpc) is 3.20. The Kier molecular flexibility index (Phi) is 4.16. The van der Waals surface area contributed by atoms with Crippen LogP contribution in [0.3, 0.4) is 0 Å². The number of imide groups is 1. The number of carbonyl (C=O) groups is 2. The van der Waals surface area contributed by atoms with E-state index in [0.29, 0.717) is 5.01 Å². The molecule has 1 aliphatic heterocycles. The van der Waals surface area contributed by atoms with Gasteiger partial charge in [0.05, 0.1) is 6.54 Å². The number of nitrogens with one attached hydrogen (secondary N) is 1. The van der Waals surface area contributed by atoms with Crippen molar-refractivity contribution in [3.05, 3.63) is 53.0 Å². The van der Waals surface area contributed by atoms with Gasteiger partial charge in [0.1, 0.15) is 10.5 Å². The van der Waals surface area contributed by atoms with E-state index in [4.69, 9.17) is 0 Å². The van der Waals surface area contributed by atoms with Crippen LogP contribution in [0.15, 0.2) is 46.8 Å². The van der Waals surface area contributed by atoms with Crippen LogP contribution in [0, 0.1) is 0 Å². The number of aromatic nitrogens is 2. The summed E-state index contributed by atoms with van der Waals surface area (Å²) in [6.07, 6.45) is 1.91. The predicted octanol–water partition coefficient (Wildman–Crippen LogP) is 3.38. The molecule has 1 aromatic heterocycles. The second-order valence-electron chi connectivity index (χ2n) is 6.14. The highest BCUT2D eigenvalue weighted by Gasteiger charge is 2.49. The van der Waals surface area contributed by atoms with Gasteiger partial charge in [-0.2, -0.15) is 0 Å². The topological polar surface area (TPSA) is 75.2 Å². The zero-order valence-corrected chi connectivity index (χ0v) is 15.9. The Labute approximate surface area is 158 Å². The lowest BCUT2D eigenvalue weighted by molar-refractivity contribution is -0.131. The van der Waals surface area contributed by atoms with E-state index in [1.54, 1.807) is 6.92 Å². The van der Waals surface area contributed by atoms with Crippen LogP contribution in [0.5, 0.6) is 0 Å². The van der Waals surface area contributed by atoms with Gasteiger partial charge in [0, 0.05) is 0 Å². The molecule has 1 saturated heterocycles. The SMILES string of the molecule is CSc1nnc(CN2C(=O)NC(C)(c3cccc4ccccc34)C2=O)s1. The molecule has 1 unspecified atom stereocenters. The van der Waals surface area contributed by atoms with Gasteiger partial charge in [0.25, 0.3) is 5.91 Å². The van der Waals surface area contributed by atoms with Crippen LogP contribution < -0.4 is 5.32 Å². The zero-order valence-electron chi connectivity index (χ0n) is 14.2. The molecule has 132 valence electrons. The lowest BCUT2D eigenvalue weighted by Crippen LogP contribution is -2.41. The maximum atomic E-state index is 13.2. The van der Waals surface area contributed by atoms with Gasteiger partial charge in [-0.15, -0.1) is 10.2 Å². The summed E-state index contributed by atoms with van der Waals surface area (Å²) >= 11 is 2.88. The third kappa shape index (κ3) is 2.65. The molecular weight excluding hydrogens is 368 g/mol. The van der Waals surface area contributed by atoms with E-state index in [-0.39, 0.29) is 12.5 Å². The first-order valence-corrected chi connectivity index (χ1v) is 10.1. The van der Waals surface area contributed by atoms with Crippen LogP contribution in [-0.2, 0) is 16.9 Å². The van der Waals surface area contributed by atoms with Gasteiger partial charge in [-0.25, -0.2) is 4.79 Å². The Bertz CT molecular complexity index is 1010. The molecule has 0 saturated carbocycles. The molecule has 0 radical (unpaired) electrons. The van der Waals surface area contributed by atoms with Gasteiger partial charge in [-0.05, 0) is 29.5 Å². The molecule has 0 spiro atoms. The fraction of sp³-hybridized carbons (Fsp3) is 0.222. The number of fused-ring (bicyclic) bond motifs is 1. The minimum Gasteiger partial charge on any atom is -0.319 e. The largest absolute Gasteiger partial charge is 0.325 e. The van der Waals surface area contributed by atoms with Crippen molar-refractivity contribution in [1.82, 2.24) is 20.4 Å². The first kappa shape index (κ1) is 17.0. The smallest absolute Gasteiger partial charge is 0.319 e. The molecule has 2 heterocycles. The number of hydrogen-bond acceptors (Lipinski definition) is 6. The van der Waals surface area contributed by atoms with Crippen molar-refractivity contribution in [2.24, 2.45) is 0 Å². The summed E-state index contributed by atoms with van der Waals surface area (Å²) in [5.41, 5.74) is -0.316. The van der Waals surface area contributed by atoms with Crippen LogP contribution in [0.25, 0.3) is 10.8 Å². The van der Waals surface area contributed by atoms with Crippen molar-refractivity contribution in [3.8, 4) is 0 Å². The summed E-state index contributed by atoms with van der Waals surface area (Å²) in [4.78, 5) is 26.9. The molecular formula is C18H16N4O2S2. The van der Waals surface area contributed by atoms with Gasteiger partial charge in [0.2, 0.25) is 0 Å². The second-order valence-corrected chi connectivity index (χ2v) is 8.25. The number of carbonyl (C=O) groups excluding carboxylic acids is 2. The van der Waals surface area contributed by atoms with Crippen molar-refractivity contribution in [2.45, 2.75) is 23.3 Å². The van der Waals surface area contributed by atoms with Crippen molar-refractivity contribution in [1.29, 1.82) is 0 Å². The molecule has 6 nitrogen and oxygen atoms in total. The molecule has 1 fully saturated rings. The fourth-order valence-electron chi connectivity index (χ4n) is 3.20. The third-order valence-corrected chi connectivity index (χ3v) is 6.40. The Hall–Kier alpha value is -2.45. The Morgan fingerprint density at radius 2 is 1.92 bits per heavy atom. The maximum absolute atomic E-state index is 13.2. The predicted molar refractivity (Wildman–Crippen MR) is 102 cm³/mol. The van der Waals surface area contributed by atoms with Crippen molar-refractivity contribution in [2.75, 3.05) is 6.26 Å². The molecule has 1 aliphatic rings. The first-order chi connectivity index (χ1) is 12.5. The lowest BCUT2D eigenvalue weighted by Gasteiger charge is -2.23. The summed E-state index contributed by atoms with van der Waals surface area (Å²) in [5.74, 6) is -0.278. The number of amides is 3. The summed E-state index contributed by atoms with van der Waals surface area (Å²) in [6.45, 7) is 1.88.